The van der Waals surface area contributed by atoms with Crippen molar-refractivity contribution in [2.45, 2.75) is 13.5 Å². The Kier molecular flexibility index (Phi) is 4.28. The molecule has 0 saturated carbocycles. The highest BCUT2D eigenvalue weighted by Crippen LogP contribution is 2.24. The zero-order valence-electron chi connectivity index (χ0n) is 14.4. The smallest absolute Gasteiger partial charge is 0.289 e. The lowest BCUT2D eigenvalue weighted by Gasteiger charge is -2.34. The van der Waals surface area contributed by atoms with Gasteiger partial charge in [-0.3, -0.25) is 9.69 Å². The SMILES string of the molecule is Cc1cccc2cc(C(=O)N3CCN(Cc4ccccc4)CC3)oc12. The molecule has 0 aliphatic carbocycles. The van der Waals surface area contributed by atoms with Crippen LogP contribution in [0.3, 0.4) is 0 Å². The van der Waals surface area contributed by atoms with E-state index >= 15 is 0 Å². The first-order valence-corrected chi connectivity index (χ1v) is 8.75. The Labute approximate surface area is 147 Å². The lowest BCUT2D eigenvalue weighted by molar-refractivity contribution is 0.0600. The largest absolute Gasteiger partial charge is 0.451 e. The van der Waals surface area contributed by atoms with E-state index in [0.717, 1.165) is 49.3 Å². The second-order valence-corrected chi connectivity index (χ2v) is 6.66. The van der Waals surface area contributed by atoms with Crippen LogP contribution in [-0.2, 0) is 6.54 Å². The van der Waals surface area contributed by atoms with Crippen molar-refractivity contribution in [3.05, 3.63) is 71.5 Å². The van der Waals surface area contributed by atoms with E-state index in [2.05, 4.69) is 29.2 Å². The van der Waals surface area contributed by atoms with Gasteiger partial charge in [-0.15, -0.1) is 0 Å². The third-order valence-corrected chi connectivity index (χ3v) is 4.86. The molecule has 25 heavy (non-hydrogen) atoms. The van der Waals surface area contributed by atoms with Crippen molar-refractivity contribution in [2.75, 3.05) is 26.2 Å². The zero-order chi connectivity index (χ0) is 17.2. The van der Waals surface area contributed by atoms with E-state index in [0.29, 0.717) is 5.76 Å². The van der Waals surface area contributed by atoms with Crippen molar-refractivity contribution in [3.8, 4) is 0 Å². The average molecular weight is 334 g/mol. The van der Waals surface area contributed by atoms with Gasteiger partial charge in [0.2, 0.25) is 0 Å². The molecule has 1 fully saturated rings. The molecular weight excluding hydrogens is 312 g/mol. The number of rotatable bonds is 3. The molecule has 4 rings (SSSR count). The second kappa shape index (κ2) is 6.73. The molecule has 1 aliphatic rings. The van der Waals surface area contributed by atoms with Crippen molar-refractivity contribution >= 4 is 16.9 Å². The lowest BCUT2D eigenvalue weighted by Crippen LogP contribution is -2.48. The van der Waals surface area contributed by atoms with Crippen molar-refractivity contribution in [1.82, 2.24) is 9.80 Å². The summed E-state index contributed by atoms with van der Waals surface area (Å²) < 4.78 is 5.83. The molecule has 0 atom stereocenters. The van der Waals surface area contributed by atoms with Gasteiger partial charge in [0.05, 0.1) is 0 Å². The average Bonchev–Trinajstić information content (AvgIpc) is 3.08. The number of para-hydroxylation sites is 1. The Balaban J connectivity index is 1.41. The van der Waals surface area contributed by atoms with Crippen molar-refractivity contribution < 1.29 is 9.21 Å². The highest BCUT2D eigenvalue weighted by molar-refractivity contribution is 5.96. The summed E-state index contributed by atoms with van der Waals surface area (Å²) in [6.45, 7) is 6.19. The number of carbonyl (C=O) groups excluding carboxylic acids is 1. The highest BCUT2D eigenvalue weighted by atomic mass is 16.3. The quantitative estimate of drug-likeness (QED) is 0.733. The van der Waals surface area contributed by atoms with E-state index in [9.17, 15) is 4.79 Å². The number of aryl methyl sites for hydroxylation is 1. The first kappa shape index (κ1) is 15.9. The fourth-order valence-electron chi connectivity index (χ4n) is 3.42. The van der Waals surface area contributed by atoms with Crippen LogP contribution in [-0.4, -0.2) is 41.9 Å². The van der Waals surface area contributed by atoms with Gasteiger partial charge in [-0.05, 0) is 24.1 Å². The fraction of sp³-hybridized carbons (Fsp3) is 0.286. The molecule has 1 aromatic heterocycles. The van der Waals surface area contributed by atoms with E-state index in [1.165, 1.54) is 5.56 Å². The Morgan fingerprint density at radius 3 is 2.48 bits per heavy atom. The van der Waals surface area contributed by atoms with Crippen LogP contribution in [0, 0.1) is 6.92 Å². The third-order valence-electron chi connectivity index (χ3n) is 4.86. The molecule has 0 radical (unpaired) electrons. The molecule has 0 unspecified atom stereocenters. The predicted molar refractivity (Wildman–Crippen MR) is 98.6 cm³/mol. The Hall–Kier alpha value is -2.59. The summed E-state index contributed by atoms with van der Waals surface area (Å²) in [4.78, 5) is 17.0. The molecular formula is C21H22N2O2. The minimum atomic E-state index is -0.00467. The molecule has 0 N–H and O–H groups in total. The molecule has 0 bridgehead atoms. The summed E-state index contributed by atoms with van der Waals surface area (Å²) in [7, 11) is 0. The van der Waals surface area contributed by atoms with Gasteiger partial charge in [0.25, 0.3) is 5.91 Å². The Bertz CT molecular complexity index is 877. The van der Waals surface area contributed by atoms with Gasteiger partial charge < -0.3 is 9.32 Å². The minimum absolute atomic E-state index is 0.00467. The van der Waals surface area contributed by atoms with Crippen LogP contribution in [0.25, 0.3) is 11.0 Å². The zero-order valence-corrected chi connectivity index (χ0v) is 14.4. The van der Waals surface area contributed by atoms with E-state index in [-0.39, 0.29) is 5.91 Å². The number of furan rings is 1. The van der Waals surface area contributed by atoms with Crippen LogP contribution < -0.4 is 0 Å². The summed E-state index contributed by atoms with van der Waals surface area (Å²) in [5.41, 5.74) is 3.19. The van der Waals surface area contributed by atoms with Crippen molar-refractivity contribution in [3.63, 3.8) is 0 Å². The summed E-state index contributed by atoms with van der Waals surface area (Å²) in [6.07, 6.45) is 0. The summed E-state index contributed by atoms with van der Waals surface area (Å²) in [5.74, 6) is 0.441. The predicted octanol–water partition coefficient (Wildman–Crippen LogP) is 3.70. The molecule has 1 saturated heterocycles. The monoisotopic (exact) mass is 334 g/mol. The van der Waals surface area contributed by atoms with E-state index in [1.54, 1.807) is 0 Å². The van der Waals surface area contributed by atoms with Crippen LogP contribution in [0.5, 0.6) is 0 Å². The molecule has 128 valence electrons. The highest BCUT2D eigenvalue weighted by Gasteiger charge is 2.24. The summed E-state index contributed by atoms with van der Waals surface area (Å²) in [5, 5.41) is 0.992. The number of hydrogen-bond donors (Lipinski definition) is 0. The number of piperazine rings is 1. The first-order valence-electron chi connectivity index (χ1n) is 8.75. The normalized spacial score (nSPS) is 15.6. The maximum absolute atomic E-state index is 12.8. The van der Waals surface area contributed by atoms with Crippen LogP contribution in [0.1, 0.15) is 21.7 Å². The van der Waals surface area contributed by atoms with Gasteiger partial charge in [-0.25, -0.2) is 0 Å². The van der Waals surface area contributed by atoms with Crippen molar-refractivity contribution in [1.29, 1.82) is 0 Å². The fourth-order valence-corrected chi connectivity index (χ4v) is 3.42. The molecule has 1 aliphatic heterocycles. The molecule has 4 nitrogen and oxygen atoms in total. The van der Waals surface area contributed by atoms with E-state index < -0.39 is 0 Å². The second-order valence-electron chi connectivity index (χ2n) is 6.66. The number of benzene rings is 2. The Morgan fingerprint density at radius 2 is 1.76 bits per heavy atom. The standard InChI is InChI=1S/C21H22N2O2/c1-16-6-5-9-18-14-19(25-20(16)18)21(24)23-12-10-22(11-13-23)15-17-7-3-2-4-8-17/h2-9,14H,10-13,15H2,1H3. The maximum atomic E-state index is 12.8. The van der Waals surface area contributed by atoms with Gasteiger partial charge in [-0.1, -0.05) is 48.5 Å². The number of amides is 1. The van der Waals surface area contributed by atoms with Gasteiger partial charge in [0.1, 0.15) is 5.58 Å². The van der Waals surface area contributed by atoms with Crippen LogP contribution >= 0.6 is 0 Å². The van der Waals surface area contributed by atoms with Crippen LogP contribution in [0.4, 0.5) is 0 Å². The van der Waals surface area contributed by atoms with Crippen LogP contribution in [0.15, 0.2) is 59.0 Å². The number of hydrogen-bond acceptors (Lipinski definition) is 3. The molecule has 1 amide bonds. The van der Waals surface area contributed by atoms with Gasteiger partial charge in [0.15, 0.2) is 5.76 Å². The van der Waals surface area contributed by atoms with Crippen molar-refractivity contribution in [2.24, 2.45) is 0 Å². The summed E-state index contributed by atoms with van der Waals surface area (Å²) >= 11 is 0. The van der Waals surface area contributed by atoms with Gasteiger partial charge in [-0.2, -0.15) is 0 Å². The molecule has 3 aromatic rings. The molecule has 0 spiro atoms. The maximum Gasteiger partial charge on any atom is 0.289 e. The number of fused-ring (bicyclic) bond motifs is 1. The van der Waals surface area contributed by atoms with Gasteiger partial charge >= 0.3 is 0 Å². The number of nitrogens with zero attached hydrogens (tertiary/aromatic N) is 2. The van der Waals surface area contributed by atoms with Gasteiger partial charge in [0, 0.05) is 38.1 Å². The van der Waals surface area contributed by atoms with E-state index in [4.69, 9.17) is 4.42 Å². The minimum Gasteiger partial charge on any atom is -0.451 e. The summed E-state index contributed by atoms with van der Waals surface area (Å²) in [6, 6.07) is 18.3. The molecule has 2 heterocycles. The third kappa shape index (κ3) is 3.30. The number of carbonyl (C=O) groups is 1. The van der Waals surface area contributed by atoms with E-state index in [1.807, 2.05) is 42.2 Å². The topological polar surface area (TPSA) is 36.7 Å². The van der Waals surface area contributed by atoms with Crippen LogP contribution in [0.2, 0.25) is 0 Å². The Morgan fingerprint density at radius 1 is 1.00 bits per heavy atom. The first-order chi connectivity index (χ1) is 12.2. The molecule has 4 heteroatoms. The molecule has 2 aromatic carbocycles. The lowest BCUT2D eigenvalue weighted by atomic mass is 10.2.